The molecule has 0 aromatic carbocycles. The molecule has 4 aliphatic heterocycles. The van der Waals surface area contributed by atoms with E-state index >= 15 is 0 Å². The Bertz CT molecular complexity index is 1310. The van der Waals surface area contributed by atoms with Crippen molar-refractivity contribution in [3.63, 3.8) is 0 Å². The molecule has 2 N–H and O–H groups in total. The molecule has 12 nitrogen and oxygen atoms in total. The predicted octanol–water partition coefficient (Wildman–Crippen LogP) is 6.72. The molecule has 18 atom stereocenters. The number of aliphatic hydroxyl groups excluding tert-OH is 2. The van der Waals surface area contributed by atoms with Gasteiger partial charge in [-0.1, -0.05) is 78.0 Å². The highest BCUT2D eigenvalue weighted by molar-refractivity contribution is 5.19. The van der Waals surface area contributed by atoms with Crippen LogP contribution in [0.3, 0.4) is 0 Å². The van der Waals surface area contributed by atoms with Gasteiger partial charge in [-0.3, -0.25) is 0 Å². The van der Waals surface area contributed by atoms with Crippen molar-refractivity contribution in [2.24, 2.45) is 23.7 Å². The fourth-order valence-electron chi connectivity index (χ4n) is 8.81. The van der Waals surface area contributed by atoms with Gasteiger partial charge in [0.2, 0.25) is 0 Å². The summed E-state index contributed by atoms with van der Waals surface area (Å²) in [5, 5.41) is 22.0. The van der Waals surface area contributed by atoms with Gasteiger partial charge in [0.05, 0.1) is 62.0 Å². The van der Waals surface area contributed by atoms with Crippen molar-refractivity contribution in [1.82, 2.24) is 0 Å². The summed E-state index contributed by atoms with van der Waals surface area (Å²) in [6.45, 7) is 17.3. The van der Waals surface area contributed by atoms with Gasteiger partial charge in [0.1, 0.15) is 24.4 Å². The molecular weight excluding hydrogens is 744 g/mol. The predicted molar refractivity (Wildman–Crippen MR) is 223 cm³/mol. The second-order valence-corrected chi connectivity index (χ2v) is 16.9. The Balaban J connectivity index is 1.24. The molecule has 4 fully saturated rings. The molecule has 4 saturated heterocycles. The van der Waals surface area contributed by atoms with Crippen molar-refractivity contribution in [2.45, 2.75) is 180 Å². The summed E-state index contributed by atoms with van der Waals surface area (Å²) in [7, 11) is 6.84. The molecule has 0 unspecified atom stereocenters. The van der Waals surface area contributed by atoms with E-state index in [-0.39, 0.29) is 97.3 Å². The smallest absolute Gasteiger partial charge is 0.158 e. The molecule has 4 aliphatic rings. The Kier molecular flexibility index (Phi) is 20.5. The highest BCUT2D eigenvalue weighted by Gasteiger charge is 2.51. The number of allylic oxidation sites excluding steroid dienone is 4. The largest absolute Gasteiger partial charge is 0.390 e. The normalized spacial score (nSPS) is 35.1. The molecule has 12 heteroatoms. The van der Waals surface area contributed by atoms with Crippen molar-refractivity contribution in [2.75, 3.05) is 41.7 Å². The lowest BCUT2D eigenvalue weighted by atomic mass is 9.91. The molecule has 0 amide bonds. The number of aliphatic hydroxyl groups is 2. The van der Waals surface area contributed by atoms with Gasteiger partial charge in [0, 0.05) is 65.0 Å². The molecule has 0 aromatic heterocycles. The van der Waals surface area contributed by atoms with Gasteiger partial charge in [-0.15, -0.1) is 0 Å². The van der Waals surface area contributed by atoms with E-state index in [1.54, 1.807) is 28.4 Å². The molecular formula is C46H78O12. The van der Waals surface area contributed by atoms with E-state index in [4.69, 9.17) is 47.4 Å². The van der Waals surface area contributed by atoms with Crippen LogP contribution in [0.15, 0.2) is 47.6 Å². The topological polar surface area (TPSA) is 139 Å². The molecule has 0 bridgehead atoms. The number of ether oxygens (including phenoxy) is 10. The highest BCUT2D eigenvalue weighted by Crippen LogP contribution is 2.39. The van der Waals surface area contributed by atoms with E-state index in [0.717, 1.165) is 49.7 Å². The van der Waals surface area contributed by atoms with E-state index in [1.807, 2.05) is 64.2 Å². The molecule has 0 aromatic rings. The molecule has 4 rings (SSSR count). The van der Waals surface area contributed by atoms with E-state index in [9.17, 15) is 10.2 Å². The third-order valence-corrected chi connectivity index (χ3v) is 12.9. The summed E-state index contributed by atoms with van der Waals surface area (Å²) in [5.74, 6) is 0.282. The number of hydrogen-bond acceptors (Lipinski definition) is 12. The SMILES string of the molecule is CC[C@H](OC)[C@@H](C)[C@H]1O[C@@H]1[C@H](O)[C@@H](C)/C=C/C=C(\C)[C@@H]1O[C@@H](OCCO[C@@H]2CC[C@H](OC)O[C@H]2/C(C)=C/C=C/[C@H](C)[C@@H](O)[C@H]2O[C@@H]2[C@H](C)[C@H](CC)OC)CC[C@@H]1OC. The summed E-state index contributed by atoms with van der Waals surface area (Å²) < 4.78 is 59.7. The van der Waals surface area contributed by atoms with E-state index < -0.39 is 12.2 Å². The van der Waals surface area contributed by atoms with Crippen LogP contribution in [0, 0.1) is 23.7 Å². The summed E-state index contributed by atoms with van der Waals surface area (Å²) in [6.07, 6.45) is 14.2. The lowest BCUT2D eigenvalue weighted by Crippen LogP contribution is -2.43. The third kappa shape index (κ3) is 13.5. The second-order valence-electron chi connectivity index (χ2n) is 16.9. The summed E-state index contributed by atoms with van der Waals surface area (Å²) in [4.78, 5) is 0. The van der Waals surface area contributed by atoms with Crippen LogP contribution in [0.1, 0.15) is 93.9 Å². The minimum atomic E-state index is -0.595. The zero-order valence-corrected chi connectivity index (χ0v) is 37.5. The van der Waals surface area contributed by atoms with Gasteiger partial charge in [-0.25, -0.2) is 0 Å². The number of methoxy groups -OCH3 is 4. The first-order valence-corrected chi connectivity index (χ1v) is 21.9. The number of rotatable bonds is 25. The lowest BCUT2D eigenvalue weighted by molar-refractivity contribution is -0.231. The molecule has 0 radical (unpaired) electrons. The maximum Gasteiger partial charge on any atom is 0.158 e. The van der Waals surface area contributed by atoms with Gasteiger partial charge >= 0.3 is 0 Å². The van der Waals surface area contributed by atoms with E-state index in [1.165, 1.54) is 0 Å². The Hall–Kier alpha value is -1.52. The molecule has 334 valence electrons. The number of epoxide rings is 2. The fraction of sp³-hybridized carbons (Fsp3) is 0.826. The first-order chi connectivity index (χ1) is 27.8. The standard InChI is InChI=1S/C46H78O12/c1-13-33(49-9)31(7)43-45(57-43)39(47)27(3)17-15-19-29(5)41-35(51-11)21-24-38(56-41)54-26-25-53-36-22-23-37(52-12)55-42(36)30(6)20-16-18-28(4)40(48)46-44(58-46)32(8)34(14-2)50-10/h15-20,27-28,31-48H,13-14,21-26H2,1-12H3/b17-15+,18-16+,29-19+,30-20+/t27-,28-,31+,32+,33-,34-,35-,36+,37+,38+,39+,40+,41-,42-,43+,44+,45+,46+/m0/s1. The van der Waals surface area contributed by atoms with Crippen molar-refractivity contribution in [3.8, 4) is 0 Å². The van der Waals surface area contributed by atoms with Crippen molar-refractivity contribution >= 4 is 0 Å². The van der Waals surface area contributed by atoms with Crippen molar-refractivity contribution in [3.05, 3.63) is 47.6 Å². The van der Waals surface area contributed by atoms with Gasteiger partial charge in [-0.05, 0) is 50.7 Å². The highest BCUT2D eigenvalue weighted by atomic mass is 16.7. The van der Waals surface area contributed by atoms with Crippen molar-refractivity contribution < 1.29 is 57.6 Å². The second kappa shape index (κ2) is 24.2. The minimum absolute atomic E-state index is 0.0100. The van der Waals surface area contributed by atoms with Gasteiger partial charge in [0.15, 0.2) is 12.6 Å². The van der Waals surface area contributed by atoms with E-state index in [0.29, 0.717) is 13.2 Å². The maximum atomic E-state index is 11.0. The zero-order valence-electron chi connectivity index (χ0n) is 37.5. The fourth-order valence-corrected chi connectivity index (χ4v) is 8.81. The minimum Gasteiger partial charge on any atom is -0.390 e. The van der Waals surface area contributed by atoms with Crippen LogP contribution < -0.4 is 0 Å². The Morgan fingerprint density at radius 3 is 1.50 bits per heavy atom. The van der Waals surface area contributed by atoms with Crippen molar-refractivity contribution in [1.29, 1.82) is 0 Å². The van der Waals surface area contributed by atoms with Gasteiger partial charge in [-0.2, -0.15) is 0 Å². The first kappa shape index (κ1) is 49.1. The quantitative estimate of drug-likeness (QED) is 0.0575. The first-order valence-electron chi connectivity index (χ1n) is 21.9. The van der Waals surface area contributed by atoms with Crippen LogP contribution in [0.5, 0.6) is 0 Å². The maximum absolute atomic E-state index is 11.0. The number of hydrogen-bond donors (Lipinski definition) is 2. The van der Waals surface area contributed by atoms with Crippen LogP contribution in [0.2, 0.25) is 0 Å². The van der Waals surface area contributed by atoms with Crippen LogP contribution in [0.25, 0.3) is 0 Å². The summed E-state index contributed by atoms with van der Waals surface area (Å²) >= 11 is 0. The molecule has 4 heterocycles. The average Bonchev–Trinajstić information content (AvgIpc) is 4.18. The summed E-state index contributed by atoms with van der Waals surface area (Å²) in [5.41, 5.74) is 2.04. The molecule has 0 spiro atoms. The molecule has 0 aliphatic carbocycles. The van der Waals surface area contributed by atoms with Gasteiger partial charge in [0.25, 0.3) is 0 Å². The molecule has 58 heavy (non-hydrogen) atoms. The van der Waals surface area contributed by atoms with E-state index in [2.05, 4.69) is 27.7 Å². The average molecular weight is 823 g/mol. The Morgan fingerprint density at radius 1 is 0.586 bits per heavy atom. The van der Waals surface area contributed by atoms with Crippen LogP contribution in [-0.4, -0.2) is 138 Å². The molecule has 0 saturated carbocycles. The lowest BCUT2D eigenvalue weighted by Gasteiger charge is -2.37. The Morgan fingerprint density at radius 2 is 1.03 bits per heavy atom. The summed E-state index contributed by atoms with van der Waals surface area (Å²) in [6, 6.07) is 0. The van der Waals surface area contributed by atoms with Crippen LogP contribution in [0.4, 0.5) is 0 Å². The zero-order chi connectivity index (χ0) is 42.5. The van der Waals surface area contributed by atoms with Crippen LogP contribution >= 0.6 is 0 Å². The monoisotopic (exact) mass is 823 g/mol. The van der Waals surface area contributed by atoms with Gasteiger partial charge < -0.3 is 57.6 Å². The van der Waals surface area contributed by atoms with Crippen LogP contribution in [-0.2, 0) is 47.4 Å². The Labute approximate surface area is 349 Å². The third-order valence-electron chi connectivity index (χ3n) is 12.9.